The third kappa shape index (κ3) is 3.67. The largest absolute Gasteiger partial charge is 0.374 e. The van der Waals surface area contributed by atoms with Gasteiger partial charge in [-0.1, -0.05) is 0 Å². The highest BCUT2D eigenvalue weighted by molar-refractivity contribution is 4.84. The van der Waals surface area contributed by atoms with E-state index in [1.807, 2.05) is 0 Å². The first-order valence-electron chi connectivity index (χ1n) is 7.40. The van der Waals surface area contributed by atoms with Crippen molar-refractivity contribution < 1.29 is 4.74 Å². The second-order valence-electron chi connectivity index (χ2n) is 6.25. The zero-order valence-corrected chi connectivity index (χ0v) is 12.1. The molecule has 0 amide bonds. The molecule has 2 heterocycles. The van der Waals surface area contributed by atoms with Crippen LogP contribution in [0.25, 0.3) is 0 Å². The average molecular weight is 255 g/mol. The second-order valence-corrected chi connectivity index (χ2v) is 6.25. The van der Waals surface area contributed by atoms with E-state index in [0.29, 0.717) is 24.1 Å². The van der Waals surface area contributed by atoms with Crippen molar-refractivity contribution in [1.82, 2.24) is 9.80 Å². The number of nitrogens with zero attached hydrogens (tertiary/aromatic N) is 2. The topological polar surface area (TPSA) is 41.7 Å². The monoisotopic (exact) mass is 255 g/mol. The number of rotatable bonds is 4. The number of nitrogens with two attached hydrogens (primary N) is 1. The molecule has 0 bridgehead atoms. The Morgan fingerprint density at radius 2 is 2.00 bits per heavy atom. The second kappa shape index (κ2) is 6.33. The van der Waals surface area contributed by atoms with Crippen LogP contribution in [-0.4, -0.2) is 67.3 Å². The number of morpholine rings is 1. The summed E-state index contributed by atoms with van der Waals surface area (Å²) in [4.78, 5) is 5.05. The first-order chi connectivity index (χ1) is 8.56. The summed E-state index contributed by atoms with van der Waals surface area (Å²) in [6.45, 7) is 13.1. The smallest absolute Gasteiger partial charge is 0.0829 e. The van der Waals surface area contributed by atoms with Crippen molar-refractivity contribution in [1.29, 1.82) is 0 Å². The minimum Gasteiger partial charge on any atom is -0.374 e. The van der Waals surface area contributed by atoms with Gasteiger partial charge in [0.1, 0.15) is 0 Å². The molecule has 0 aromatic rings. The maximum atomic E-state index is 5.99. The van der Waals surface area contributed by atoms with Crippen LogP contribution in [0.4, 0.5) is 0 Å². The molecule has 0 spiro atoms. The summed E-state index contributed by atoms with van der Waals surface area (Å²) in [5.74, 6) is 0.676. The highest BCUT2D eigenvalue weighted by Gasteiger charge is 2.29. The number of hydrogen-bond acceptors (Lipinski definition) is 4. The van der Waals surface area contributed by atoms with Crippen molar-refractivity contribution >= 4 is 0 Å². The van der Waals surface area contributed by atoms with Crippen LogP contribution in [0.2, 0.25) is 0 Å². The lowest BCUT2D eigenvalue weighted by atomic mass is 10.0. The van der Waals surface area contributed by atoms with Crippen molar-refractivity contribution in [3.05, 3.63) is 0 Å². The first kappa shape index (κ1) is 14.3. The first-order valence-corrected chi connectivity index (χ1v) is 7.40. The quantitative estimate of drug-likeness (QED) is 0.805. The molecule has 2 aliphatic heterocycles. The average Bonchev–Trinajstić information content (AvgIpc) is 2.78. The summed E-state index contributed by atoms with van der Waals surface area (Å²) in [7, 11) is 0. The molecular formula is C14H29N3O. The van der Waals surface area contributed by atoms with Gasteiger partial charge in [-0.15, -0.1) is 0 Å². The van der Waals surface area contributed by atoms with Gasteiger partial charge in [0, 0.05) is 38.3 Å². The molecule has 2 fully saturated rings. The van der Waals surface area contributed by atoms with Gasteiger partial charge >= 0.3 is 0 Å². The SMILES string of the molecule is CC(N)C1CCN(CC2CN(C(C)C)CCO2)C1. The number of ether oxygens (including phenoxy) is 1. The van der Waals surface area contributed by atoms with Crippen LogP contribution in [-0.2, 0) is 4.74 Å². The Bertz CT molecular complexity index is 257. The summed E-state index contributed by atoms with van der Waals surface area (Å²) in [6.07, 6.45) is 1.63. The van der Waals surface area contributed by atoms with Gasteiger partial charge in [0.15, 0.2) is 0 Å². The summed E-state index contributed by atoms with van der Waals surface area (Å²) in [6, 6.07) is 0.959. The van der Waals surface area contributed by atoms with E-state index < -0.39 is 0 Å². The predicted molar refractivity (Wildman–Crippen MR) is 74.6 cm³/mol. The molecule has 106 valence electrons. The molecule has 0 aromatic heterocycles. The molecule has 4 heteroatoms. The lowest BCUT2D eigenvalue weighted by Gasteiger charge is -2.37. The Labute approximate surface area is 111 Å². The summed E-state index contributed by atoms with van der Waals surface area (Å²) >= 11 is 0. The van der Waals surface area contributed by atoms with Crippen molar-refractivity contribution in [3.8, 4) is 0 Å². The zero-order valence-electron chi connectivity index (χ0n) is 12.1. The number of likely N-dealkylation sites (tertiary alicyclic amines) is 1. The summed E-state index contributed by atoms with van der Waals surface area (Å²) < 4.78 is 5.90. The molecule has 3 unspecified atom stereocenters. The van der Waals surface area contributed by atoms with Crippen molar-refractivity contribution in [3.63, 3.8) is 0 Å². The molecule has 3 atom stereocenters. The van der Waals surface area contributed by atoms with E-state index in [1.165, 1.54) is 13.0 Å². The molecule has 4 nitrogen and oxygen atoms in total. The molecule has 2 saturated heterocycles. The maximum absolute atomic E-state index is 5.99. The highest BCUT2D eigenvalue weighted by atomic mass is 16.5. The molecule has 0 aliphatic carbocycles. The summed E-state index contributed by atoms with van der Waals surface area (Å²) in [5, 5.41) is 0. The fraction of sp³-hybridized carbons (Fsp3) is 1.00. The minimum absolute atomic E-state index is 0.328. The van der Waals surface area contributed by atoms with E-state index >= 15 is 0 Å². The van der Waals surface area contributed by atoms with Gasteiger partial charge in [-0.3, -0.25) is 4.90 Å². The Balaban J connectivity index is 1.76. The fourth-order valence-corrected chi connectivity index (χ4v) is 3.07. The van der Waals surface area contributed by atoms with E-state index in [0.717, 1.165) is 32.8 Å². The van der Waals surface area contributed by atoms with Crippen LogP contribution in [0.15, 0.2) is 0 Å². The maximum Gasteiger partial charge on any atom is 0.0829 e. The third-order valence-electron chi connectivity index (χ3n) is 4.41. The lowest BCUT2D eigenvalue weighted by molar-refractivity contribution is -0.0501. The normalized spacial score (nSPS) is 33.2. The highest BCUT2D eigenvalue weighted by Crippen LogP contribution is 2.20. The van der Waals surface area contributed by atoms with Gasteiger partial charge in [0.2, 0.25) is 0 Å². The molecule has 0 aromatic carbocycles. The molecular weight excluding hydrogens is 226 g/mol. The van der Waals surface area contributed by atoms with Gasteiger partial charge in [0.05, 0.1) is 12.7 Å². The van der Waals surface area contributed by atoms with Gasteiger partial charge in [-0.05, 0) is 39.7 Å². The zero-order chi connectivity index (χ0) is 13.1. The van der Waals surface area contributed by atoms with Crippen LogP contribution in [0.3, 0.4) is 0 Å². The molecule has 2 rings (SSSR count). The van der Waals surface area contributed by atoms with E-state index in [9.17, 15) is 0 Å². The van der Waals surface area contributed by atoms with Crippen LogP contribution >= 0.6 is 0 Å². The minimum atomic E-state index is 0.328. The van der Waals surface area contributed by atoms with Crippen LogP contribution in [0.1, 0.15) is 27.2 Å². The van der Waals surface area contributed by atoms with Gasteiger partial charge in [-0.2, -0.15) is 0 Å². The van der Waals surface area contributed by atoms with Gasteiger partial charge < -0.3 is 15.4 Å². The van der Waals surface area contributed by atoms with Gasteiger partial charge in [-0.25, -0.2) is 0 Å². The van der Waals surface area contributed by atoms with E-state index in [4.69, 9.17) is 10.5 Å². The van der Waals surface area contributed by atoms with E-state index in [2.05, 4.69) is 30.6 Å². The van der Waals surface area contributed by atoms with Crippen LogP contribution in [0, 0.1) is 5.92 Å². The Morgan fingerprint density at radius 1 is 1.22 bits per heavy atom. The van der Waals surface area contributed by atoms with E-state index in [-0.39, 0.29) is 0 Å². The summed E-state index contributed by atoms with van der Waals surface area (Å²) in [5.41, 5.74) is 5.99. The van der Waals surface area contributed by atoms with Crippen LogP contribution in [0.5, 0.6) is 0 Å². The lowest BCUT2D eigenvalue weighted by Crippen LogP contribution is -2.49. The standard InChI is InChI=1S/C14H29N3O/c1-11(2)17-6-7-18-14(10-17)9-16-5-4-13(8-16)12(3)15/h11-14H,4-10,15H2,1-3H3. The Morgan fingerprint density at radius 3 is 2.61 bits per heavy atom. The third-order valence-corrected chi connectivity index (χ3v) is 4.41. The molecule has 0 radical (unpaired) electrons. The predicted octanol–water partition coefficient (Wildman–Crippen LogP) is 0.765. The van der Waals surface area contributed by atoms with Gasteiger partial charge in [0.25, 0.3) is 0 Å². The van der Waals surface area contributed by atoms with Crippen molar-refractivity contribution in [2.24, 2.45) is 11.7 Å². The Kier molecular flexibility index (Phi) is 5.01. The molecule has 2 aliphatic rings. The molecule has 18 heavy (non-hydrogen) atoms. The number of hydrogen-bond donors (Lipinski definition) is 1. The molecule has 2 N–H and O–H groups in total. The van der Waals surface area contributed by atoms with Crippen LogP contribution < -0.4 is 5.73 Å². The molecule has 0 saturated carbocycles. The fourth-order valence-electron chi connectivity index (χ4n) is 3.07. The van der Waals surface area contributed by atoms with Crippen molar-refractivity contribution in [2.45, 2.75) is 45.4 Å². The van der Waals surface area contributed by atoms with E-state index in [1.54, 1.807) is 0 Å². The Hall–Kier alpha value is -0.160. The van der Waals surface area contributed by atoms with Crippen molar-refractivity contribution in [2.75, 3.05) is 39.3 Å².